The molecule has 0 spiro atoms. The number of halogens is 2. The fourth-order valence-electron chi connectivity index (χ4n) is 1.60. The first-order valence-electron chi connectivity index (χ1n) is 4.87. The summed E-state index contributed by atoms with van der Waals surface area (Å²) >= 11 is 5.82. The summed E-state index contributed by atoms with van der Waals surface area (Å²) in [6.45, 7) is 0. The highest BCUT2D eigenvalue weighted by Gasteiger charge is 2.12. The van der Waals surface area contributed by atoms with Crippen LogP contribution in [0.1, 0.15) is 10.4 Å². The molecule has 0 unspecified atom stereocenters. The molecule has 2 rings (SSSR count). The largest absolute Gasteiger partial charge is 0.478 e. The molecule has 0 aliphatic carbocycles. The predicted molar refractivity (Wildman–Crippen MR) is 63.8 cm³/mol. The van der Waals surface area contributed by atoms with Crippen molar-refractivity contribution in [2.24, 2.45) is 0 Å². The Morgan fingerprint density at radius 1 is 1.18 bits per heavy atom. The van der Waals surface area contributed by atoms with E-state index in [9.17, 15) is 9.18 Å². The van der Waals surface area contributed by atoms with Crippen molar-refractivity contribution >= 4 is 17.6 Å². The van der Waals surface area contributed by atoms with Gasteiger partial charge in [-0.3, -0.25) is 0 Å². The van der Waals surface area contributed by atoms with E-state index < -0.39 is 11.8 Å². The number of hydrogen-bond donors (Lipinski definition) is 1. The summed E-state index contributed by atoms with van der Waals surface area (Å²) in [5.74, 6) is -1.49. The van der Waals surface area contributed by atoms with E-state index in [1.54, 1.807) is 6.07 Å². The molecule has 86 valence electrons. The summed E-state index contributed by atoms with van der Waals surface area (Å²) in [5.41, 5.74) is 0.995. The van der Waals surface area contributed by atoms with Gasteiger partial charge in [0.1, 0.15) is 5.82 Å². The number of rotatable bonds is 2. The first kappa shape index (κ1) is 11.6. The molecule has 2 aromatic carbocycles. The summed E-state index contributed by atoms with van der Waals surface area (Å²) < 4.78 is 13.1. The number of hydrogen-bond acceptors (Lipinski definition) is 1. The van der Waals surface area contributed by atoms with Crippen molar-refractivity contribution in [1.29, 1.82) is 0 Å². The Labute approximate surface area is 102 Å². The minimum atomic E-state index is -1.07. The number of carboxylic acids is 1. The Morgan fingerprint density at radius 2 is 1.94 bits per heavy atom. The van der Waals surface area contributed by atoms with Crippen LogP contribution in [0.3, 0.4) is 0 Å². The molecule has 0 aliphatic heterocycles. The maximum Gasteiger partial charge on any atom is 0.336 e. The van der Waals surface area contributed by atoms with Gasteiger partial charge in [-0.25, -0.2) is 9.18 Å². The van der Waals surface area contributed by atoms with E-state index >= 15 is 0 Å². The molecule has 0 aliphatic rings. The minimum absolute atomic E-state index is 0.0972. The third-order valence-electron chi connectivity index (χ3n) is 2.35. The molecule has 0 saturated carbocycles. The Hall–Kier alpha value is -1.87. The van der Waals surface area contributed by atoms with Gasteiger partial charge in [0.25, 0.3) is 0 Å². The summed E-state index contributed by atoms with van der Waals surface area (Å²) in [6, 6.07) is 10.2. The van der Waals surface area contributed by atoms with E-state index in [-0.39, 0.29) is 5.56 Å². The van der Waals surface area contributed by atoms with Crippen LogP contribution in [0, 0.1) is 5.82 Å². The predicted octanol–water partition coefficient (Wildman–Crippen LogP) is 3.84. The van der Waals surface area contributed by atoms with Gasteiger partial charge in [0.05, 0.1) is 5.56 Å². The standard InChI is InChI=1S/C13H8ClFO2/c14-9-4-5-11(13(16)17)12(7-9)8-2-1-3-10(15)6-8/h1-7H,(H,16,17). The summed E-state index contributed by atoms with van der Waals surface area (Å²) in [5, 5.41) is 9.46. The van der Waals surface area contributed by atoms with Crippen molar-refractivity contribution < 1.29 is 14.3 Å². The minimum Gasteiger partial charge on any atom is -0.478 e. The lowest BCUT2D eigenvalue weighted by Crippen LogP contribution is -1.99. The van der Waals surface area contributed by atoms with Crippen molar-refractivity contribution in [3.63, 3.8) is 0 Å². The molecule has 0 amide bonds. The van der Waals surface area contributed by atoms with Crippen LogP contribution in [0.4, 0.5) is 4.39 Å². The van der Waals surface area contributed by atoms with Crippen molar-refractivity contribution in [3.8, 4) is 11.1 Å². The molecule has 0 heterocycles. The highest BCUT2D eigenvalue weighted by atomic mass is 35.5. The fraction of sp³-hybridized carbons (Fsp3) is 0. The average Bonchev–Trinajstić information content (AvgIpc) is 2.28. The Bertz CT molecular complexity index is 581. The van der Waals surface area contributed by atoms with Crippen LogP contribution < -0.4 is 0 Å². The molecule has 2 nitrogen and oxygen atoms in total. The Balaban J connectivity index is 2.65. The third kappa shape index (κ3) is 2.45. The second-order valence-corrected chi connectivity index (χ2v) is 3.94. The molecule has 1 N–H and O–H groups in total. The lowest BCUT2D eigenvalue weighted by atomic mass is 10.00. The van der Waals surface area contributed by atoms with Crippen LogP contribution in [0.25, 0.3) is 11.1 Å². The zero-order valence-corrected chi connectivity index (χ0v) is 9.41. The summed E-state index contributed by atoms with van der Waals surface area (Å²) in [6.07, 6.45) is 0. The van der Waals surface area contributed by atoms with E-state index in [1.807, 2.05) is 0 Å². The number of carboxylic acid groups (broad SMARTS) is 1. The molecule has 0 radical (unpaired) electrons. The SMILES string of the molecule is O=C(O)c1ccc(Cl)cc1-c1cccc(F)c1. The van der Waals surface area contributed by atoms with Gasteiger partial charge in [0, 0.05) is 5.02 Å². The lowest BCUT2D eigenvalue weighted by Gasteiger charge is -2.07. The maximum absolute atomic E-state index is 13.1. The summed E-state index contributed by atoms with van der Waals surface area (Å²) in [4.78, 5) is 11.1. The van der Waals surface area contributed by atoms with Crippen LogP contribution >= 0.6 is 11.6 Å². The Morgan fingerprint density at radius 3 is 2.59 bits per heavy atom. The molecule has 0 saturated heterocycles. The van der Waals surface area contributed by atoms with E-state index in [4.69, 9.17) is 16.7 Å². The molecular formula is C13H8ClFO2. The van der Waals surface area contributed by atoms with Crippen LogP contribution in [0.2, 0.25) is 5.02 Å². The van der Waals surface area contributed by atoms with Gasteiger partial charge in [-0.15, -0.1) is 0 Å². The molecule has 0 fully saturated rings. The summed E-state index contributed by atoms with van der Waals surface area (Å²) in [7, 11) is 0. The fourth-order valence-corrected chi connectivity index (χ4v) is 1.77. The maximum atomic E-state index is 13.1. The number of aromatic carboxylic acids is 1. The van der Waals surface area contributed by atoms with Crippen LogP contribution in [-0.2, 0) is 0 Å². The lowest BCUT2D eigenvalue weighted by molar-refractivity contribution is 0.0697. The van der Waals surface area contributed by atoms with Gasteiger partial charge in [-0.1, -0.05) is 23.7 Å². The van der Waals surface area contributed by atoms with Gasteiger partial charge >= 0.3 is 5.97 Å². The monoisotopic (exact) mass is 250 g/mol. The van der Waals surface area contributed by atoms with Crippen molar-refractivity contribution in [1.82, 2.24) is 0 Å². The molecule has 0 aromatic heterocycles. The quantitative estimate of drug-likeness (QED) is 0.879. The first-order chi connectivity index (χ1) is 8.08. The second-order valence-electron chi connectivity index (χ2n) is 3.51. The second kappa shape index (κ2) is 4.55. The highest BCUT2D eigenvalue weighted by Crippen LogP contribution is 2.27. The molecular weight excluding hydrogens is 243 g/mol. The topological polar surface area (TPSA) is 37.3 Å². The smallest absolute Gasteiger partial charge is 0.336 e. The van der Waals surface area contributed by atoms with Gasteiger partial charge in [0.15, 0.2) is 0 Å². The van der Waals surface area contributed by atoms with Crippen LogP contribution in [0.5, 0.6) is 0 Å². The van der Waals surface area contributed by atoms with Crippen LogP contribution in [-0.4, -0.2) is 11.1 Å². The molecule has 17 heavy (non-hydrogen) atoms. The first-order valence-corrected chi connectivity index (χ1v) is 5.24. The zero-order valence-electron chi connectivity index (χ0n) is 8.65. The number of benzene rings is 2. The molecule has 4 heteroatoms. The third-order valence-corrected chi connectivity index (χ3v) is 2.58. The van der Waals surface area contributed by atoms with Crippen molar-refractivity contribution in [2.75, 3.05) is 0 Å². The van der Waals surface area contributed by atoms with Crippen molar-refractivity contribution in [2.45, 2.75) is 0 Å². The van der Waals surface area contributed by atoms with Gasteiger partial charge < -0.3 is 5.11 Å². The van der Waals surface area contributed by atoms with Crippen molar-refractivity contribution in [3.05, 3.63) is 58.9 Å². The Kier molecular flexibility index (Phi) is 3.11. The molecule has 0 bridgehead atoms. The molecule has 2 aromatic rings. The van der Waals surface area contributed by atoms with Gasteiger partial charge in [-0.05, 0) is 41.5 Å². The van der Waals surface area contributed by atoms with Crippen LogP contribution in [0.15, 0.2) is 42.5 Å². The van der Waals surface area contributed by atoms with Gasteiger partial charge in [-0.2, -0.15) is 0 Å². The number of carbonyl (C=O) groups is 1. The normalized spacial score (nSPS) is 10.2. The highest BCUT2D eigenvalue weighted by molar-refractivity contribution is 6.31. The average molecular weight is 251 g/mol. The molecule has 0 atom stereocenters. The van der Waals surface area contributed by atoms with E-state index in [2.05, 4.69) is 0 Å². The van der Waals surface area contributed by atoms with Gasteiger partial charge in [0.2, 0.25) is 0 Å². The van der Waals surface area contributed by atoms with E-state index in [1.165, 1.54) is 36.4 Å². The van der Waals surface area contributed by atoms with E-state index in [0.29, 0.717) is 16.1 Å². The van der Waals surface area contributed by atoms with E-state index in [0.717, 1.165) is 0 Å². The zero-order chi connectivity index (χ0) is 12.4.